The molecule has 8 heteroatoms. The van der Waals surface area contributed by atoms with Crippen LogP contribution in [0.3, 0.4) is 0 Å². The first-order valence-electron chi connectivity index (χ1n) is 8.36. The number of anilines is 2. The van der Waals surface area contributed by atoms with E-state index in [0.29, 0.717) is 31.9 Å². The van der Waals surface area contributed by atoms with E-state index in [-0.39, 0.29) is 29.1 Å². The van der Waals surface area contributed by atoms with Gasteiger partial charge in [-0.1, -0.05) is 12.1 Å². The molecule has 7 nitrogen and oxygen atoms in total. The lowest BCUT2D eigenvalue weighted by Gasteiger charge is -2.34. The van der Waals surface area contributed by atoms with Crippen molar-refractivity contribution >= 4 is 23.5 Å². The summed E-state index contributed by atoms with van der Waals surface area (Å²) in [6.07, 6.45) is 0. The molecule has 1 aliphatic heterocycles. The predicted molar refractivity (Wildman–Crippen MR) is 94.6 cm³/mol. The topological polar surface area (TPSA) is 78.4 Å². The van der Waals surface area contributed by atoms with Crippen molar-refractivity contribution in [2.75, 3.05) is 31.5 Å². The van der Waals surface area contributed by atoms with Gasteiger partial charge >= 0.3 is 0 Å². The van der Waals surface area contributed by atoms with Crippen LogP contribution < -0.4 is 5.32 Å². The molecular formula is C18H20FN5O2. The molecule has 3 rings (SSSR count). The highest BCUT2D eigenvalue weighted by molar-refractivity contribution is 5.93. The standard InChI is InChI=1S/C18H20FN5O2/c1-12-11-16(17(26)24-9-7-23(8-10-24)13(2)25)22-18(20-12)21-15-6-4-3-5-14(15)19/h3-6,11H,7-10H2,1-2H3,(H,20,21,22). The zero-order chi connectivity index (χ0) is 18.7. The summed E-state index contributed by atoms with van der Waals surface area (Å²) in [5.74, 6) is -0.478. The largest absolute Gasteiger partial charge is 0.339 e. The lowest BCUT2D eigenvalue weighted by atomic mass is 10.2. The Morgan fingerprint density at radius 1 is 1.08 bits per heavy atom. The van der Waals surface area contributed by atoms with Gasteiger partial charge in [-0.3, -0.25) is 9.59 Å². The number of hydrogen-bond donors (Lipinski definition) is 1. The Labute approximate surface area is 150 Å². The summed E-state index contributed by atoms with van der Waals surface area (Å²) >= 11 is 0. The Hall–Kier alpha value is -3.03. The minimum Gasteiger partial charge on any atom is -0.339 e. The zero-order valence-electron chi connectivity index (χ0n) is 14.7. The van der Waals surface area contributed by atoms with E-state index in [9.17, 15) is 14.0 Å². The molecule has 0 spiro atoms. The van der Waals surface area contributed by atoms with Crippen LogP contribution in [0.2, 0.25) is 0 Å². The third kappa shape index (κ3) is 3.96. The van der Waals surface area contributed by atoms with Crippen molar-refractivity contribution in [3.05, 3.63) is 47.5 Å². The maximum absolute atomic E-state index is 13.8. The molecule has 1 N–H and O–H groups in total. The third-order valence-electron chi connectivity index (χ3n) is 4.21. The summed E-state index contributed by atoms with van der Waals surface area (Å²) in [4.78, 5) is 36.0. The maximum atomic E-state index is 13.8. The van der Waals surface area contributed by atoms with Crippen LogP contribution in [0.25, 0.3) is 0 Å². The Morgan fingerprint density at radius 3 is 2.38 bits per heavy atom. The molecule has 0 saturated carbocycles. The number of rotatable bonds is 3. The lowest BCUT2D eigenvalue weighted by Crippen LogP contribution is -2.50. The number of carbonyl (C=O) groups is 2. The molecule has 0 atom stereocenters. The van der Waals surface area contributed by atoms with Gasteiger partial charge in [0.25, 0.3) is 5.91 Å². The first-order valence-corrected chi connectivity index (χ1v) is 8.36. The summed E-state index contributed by atoms with van der Waals surface area (Å²) in [5, 5.41) is 2.81. The number of halogens is 1. The lowest BCUT2D eigenvalue weighted by molar-refractivity contribution is -0.130. The van der Waals surface area contributed by atoms with Crippen molar-refractivity contribution in [3.63, 3.8) is 0 Å². The zero-order valence-corrected chi connectivity index (χ0v) is 14.7. The van der Waals surface area contributed by atoms with E-state index < -0.39 is 5.82 Å². The molecule has 1 aromatic carbocycles. The summed E-state index contributed by atoms with van der Waals surface area (Å²) in [6, 6.07) is 7.80. The van der Waals surface area contributed by atoms with Gasteiger partial charge in [0.1, 0.15) is 11.5 Å². The van der Waals surface area contributed by atoms with E-state index in [1.165, 1.54) is 13.0 Å². The van der Waals surface area contributed by atoms with Gasteiger partial charge in [-0.25, -0.2) is 14.4 Å². The molecule has 0 bridgehead atoms. The highest BCUT2D eigenvalue weighted by atomic mass is 19.1. The van der Waals surface area contributed by atoms with Crippen molar-refractivity contribution in [2.24, 2.45) is 0 Å². The molecule has 1 fully saturated rings. The molecule has 1 aromatic heterocycles. The molecule has 2 aromatic rings. The number of aromatic nitrogens is 2. The van der Waals surface area contributed by atoms with E-state index >= 15 is 0 Å². The van der Waals surface area contributed by atoms with Crippen LogP contribution in [-0.2, 0) is 4.79 Å². The SMILES string of the molecule is CC(=O)N1CCN(C(=O)c2cc(C)nc(Nc3ccccc3F)n2)CC1. The van der Waals surface area contributed by atoms with Crippen LogP contribution >= 0.6 is 0 Å². The van der Waals surface area contributed by atoms with Gasteiger partial charge in [0, 0.05) is 38.8 Å². The van der Waals surface area contributed by atoms with Gasteiger partial charge in [-0.15, -0.1) is 0 Å². The van der Waals surface area contributed by atoms with Crippen molar-refractivity contribution in [1.29, 1.82) is 0 Å². The Kier molecular flexibility index (Phi) is 5.11. The van der Waals surface area contributed by atoms with E-state index in [1.54, 1.807) is 41.0 Å². The van der Waals surface area contributed by atoms with Crippen LogP contribution in [0.4, 0.5) is 16.0 Å². The van der Waals surface area contributed by atoms with E-state index in [4.69, 9.17) is 0 Å². The number of amides is 2. The number of aryl methyl sites for hydroxylation is 1. The number of para-hydroxylation sites is 1. The fourth-order valence-electron chi connectivity index (χ4n) is 2.80. The fraction of sp³-hybridized carbons (Fsp3) is 0.333. The van der Waals surface area contributed by atoms with Crippen molar-refractivity contribution < 1.29 is 14.0 Å². The summed E-state index contributed by atoms with van der Waals surface area (Å²) in [7, 11) is 0. The second-order valence-corrected chi connectivity index (χ2v) is 6.12. The average Bonchev–Trinajstić information content (AvgIpc) is 2.62. The predicted octanol–water partition coefficient (Wildman–Crippen LogP) is 1.97. The van der Waals surface area contributed by atoms with Crippen LogP contribution in [0.15, 0.2) is 30.3 Å². The van der Waals surface area contributed by atoms with Gasteiger partial charge in [0.2, 0.25) is 11.9 Å². The highest BCUT2D eigenvalue weighted by Crippen LogP contribution is 2.18. The molecule has 2 amide bonds. The van der Waals surface area contributed by atoms with Gasteiger partial charge in [0.05, 0.1) is 5.69 Å². The molecule has 1 aliphatic rings. The van der Waals surface area contributed by atoms with Crippen molar-refractivity contribution in [1.82, 2.24) is 19.8 Å². The van der Waals surface area contributed by atoms with E-state index in [0.717, 1.165) is 0 Å². The van der Waals surface area contributed by atoms with E-state index in [1.807, 2.05) is 0 Å². The minimum atomic E-state index is -0.425. The normalized spacial score (nSPS) is 14.3. The van der Waals surface area contributed by atoms with Crippen LogP contribution in [0, 0.1) is 12.7 Å². The van der Waals surface area contributed by atoms with Gasteiger partial charge in [-0.05, 0) is 25.1 Å². The minimum absolute atomic E-state index is 0.00588. The molecule has 26 heavy (non-hydrogen) atoms. The van der Waals surface area contributed by atoms with Gasteiger partial charge in [0.15, 0.2) is 0 Å². The number of hydrogen-bond acceptors (Lipinski definition) is 5. The molecule has 0 unspecified atom stereocenters. The quantitative estimate of drug-likeness (QED) is 0.909. The van der Waals surface area contributed by atoms with Gasteiger partial charge < -0.3 is 15.1 Å². The van der Waals surface area contributed by atoms with Crippen LogP contribution in [0.1, 0.15) is 23.1 Å². The number of carbonyl (C=O) groups excluding carboxylic acids is 2. The van der Waals surface area contributed by atoms with Crippen LogP contribution in [-0.4, -0.2) is 57.8 Å². The summed E-state index contributed by atoms with van der Waals surface area (Å²) < 4.78 is 13.8. The maximum Gasteiger partial charge on any atom is 0.272 e. The van der Waals surface area contributed by atoms with Crippen molar-refractivity contribution in [2.45, 2.75) is 13.8 Å². The molecular weight excluding hydrogens is 337 g/mol. The molecule has 0 radical (unpaired) electrons. The highest BCUT2D eigenvalue weighted by Gasteiger charge is 2.24. The number of benzene rings is 1. The number of piperazine rings is 1. The van der Waals surface area contributed by atoms with Crippen molar-refractivity contribution in [3.8, 4) is 0 Å². The number of nitrogens with zero attached hydrogens (tertiary/aromatic N) is 4. The number of nitrogens with one attached hydrogen (secondary N) is 1. The smallest absolute Gasteiger partial charge is 0.272 e. The van der Waals surface area contributed by atoms with E-state index in [2.05, 4.69) is 15.3 Å². The first-order chi connectivity index (χ1) is 12.4. The first kappa shape index (κ1) is 17.8. The summed E-state index contributed by atoms with van der Waals surface area (Å²) in [5.41, 5.74) is 1.09. The van der Waals surface area contributed by atoms with Gasteiger partial charge in [-0.2, -0.15) is 0 Å². The molecule has 2 heterocycles. The third-order valence-corrected chi connectivity index (χ3v) is 4.21. The molecule has 136 valence electrons. The Morgan fingerprint density at radius 2 is 1.73 bits per heavy atom. The van der Waals surface area contributed by atoms with Crippen LogP contribution in [0.5, 0.6) is 0 Å². The average molecular weight is 357 g/mol. The molecule has 0 aliphatic carbocycles. The second-order valence-electron chi connectivity index (χ2n) is 6.12. The second kappa shape index (κ2) is 7.47. The molecule has 1 saturated heterocycles. The Bertz CT molecular complexity index is 834. The Balaban J connectivity index is 1.76. The summed E-state index contributed by atoms with van der Waals surface area (Å²) in [6.45, 7) is 5.19. The monoisotopic (exact) mass is 357 g/mol. The fourth-order valence-corrected chi connectivity index (χ4v) is 2.80.